The number of nitrogens with zero attached hydrogens (tertiary/aromatic N) is 3. The monoisotopic (exact) mass is 456 g/mol. The van der Waals surface area contributed by atoms with Gasteiger partial charge in [0.05, 0.1) is 12.1 Å². The van der Waals surface area contributed by atoms with Crippen molar-refractivity contribution in [1.29, 1.82) is 0 Å². The van der Waals surface area contributed by atoms with Crippen molar-refractivity contribution < 1.29 is 22.7 Å². The first kappa shape index (κ1) is 22.6. The van der Waals surface area contributed by atoms with E-state index in [2.05, 4.69) is 10.3 Å². The molecule has 0 atom stereocenters. The summed E-state index contributed by atoms with van der Waals surface area (Å²) in [7, 11) is 0. The highest BCUT2D eigenvalue weighted by Crippen LogP contribution is 2.29. The Hall–Kier alpha value is -3.59. The summed E-state index contributed by atoms with van der Waals surface area (Å²) in [5.41, 5.74) is -0.0887. The minimum atomic E-state index is -4.40. The molecular formula is C24H23F3N4O2. The third-order valence-electron chi connectivity index (χ3n) is 5.26. The lowest BCUT2D eigenvalue weighted by molar-refractivity contribution is -0.137. The summed E-state index contributed by atoms with van der Waals surface area (Å²) >= 11 is 0. The Morgan fingerprint density at radius 2 is 1.58 bits per heavy atom. The molecule has 3 aromatic rings. The fourth-order valence-corrected chi connectivity index (χ4v) is 3.51. The predicted molar refractivity (Wildman–Crippen MR) is 119 cm³/mol. The number of ether oxygens (including phenoxy) is 1. The van der Waals surface area contributed by atoms with E-state index in [1.807, 2.05) is 40.1 Å². The first-order valence-electron chi connectivity index (χ1n) is 10.5. The maximum Gasteiger partial charge on any atom is 0.417 e. The number of halogens is 3. The van der Waals surface area contributed by atoms with Gasteiger partial charge in [0, 0.05) is 38.1 Å². The molecule has 172 valence electrons. The van der Waals surface area contributed by atoms with Crippen LogP contribution in [0, 0.1) is 0 Å². The molecule has 1 amide bonds. The SMILES string of the molecule is O=C(CN1CCN(c2ccc(C(F)(F)F)cn2)CC1)Nc1ccc(Oc2ccccc2)cc1. The molecule has 33 heavy (non-hydrogen) atoms. The van der Waals surface area contributed by atoms with E-state index in [-0.39, 0.29) is 12.5 Å². The van der Waals surface area contributed by atoms with E-state index in [0.717, 1.165) is 18.0 Å². The summed E-state index contributed by atoms with van der Waals surface area (Å²) in [6.45, 7) is 2.62. The Labute approximate surface area is 189 Å². The van der Waals surface area contributed by atoms with E-state index in [9.17, 15) is 18.0 Å². The van der Waals surface area contributed by atoms with Gasteiger partial charge < -0.3 is 15.0 Å². The molecule has 0 bridgehead atoms. The fraction of sp³-hybridized carbons (Fsp3) is 0.250. The molecule has 9 heteroatoms. The lowest BCUT2D eigenvalue weighted by atomic mass is 10.2. The van der Waals surface area contributed by atoms with Crippen molar-refractivity contribution >= 4 is 17.4 Å². The van der Waals surface area contributed by atoms with Gasteiger partial charge in [-0.25, -0.2) is 4.98 Å². The van der Waals surface area contributed by atoms with Gasteiger partial charge in [-0.1, -0.05) is 18.2 Å². The number of amides is 1. The molecule has 1 aliphatic rings. The van der Waals surface area contributed by atoms with Crippen molar-refractivity contribution in [3.8, 4) is 11.5 Å². The largest absolute Gasteiger partial charge is 0.457 e. The van der Waals surface area contributed by atoms with E-state index >= 15 is 0 Å². The lowest BCUT2D eigenvalue weighted by Gasteiger charge is -2.35. The number of anilines is 2. The molecule has 0 radical (unpaired) electrons. The van der Waals surface area contributed by atoms with E-state index in [1.54, 1.807) is 24.3 Å². The minimum Gasteiger partial charge on any atom is -0.457 e. The molecule has 1 saturated heterocycles. The minimum absolute atomic E-state index is 0.132. The highest BCUT2D eigenvalue weighted by molar-refractivity contribution is 5.92. The van der Waals surface area contributed by atoms with Crippen LogP contribution in [0.2, 0.25) is 0 Å². The van der Waals surface area contributed by atoms with Crippen LogP contribution in [-0.2, 0) is 11.0 Å². The Morgan fingerprint density at radius 3 is 2.18 bits per heavy atom. The molecule has 0 aliphatic carbocycles. The van der Waals surface area contributed by atoms with Gasteiger partial charge in [0.2, 0.25) is 5.91 Å². The van der Waals surface area contributed by atoms with Crippen molar-refractivity contribution in [2.75, 3.05) is 42.9 Å². The summed E-state index contributed by atoms with van der Waals surface area (Å²) in [6, 6.07) is 19.0. The van der Waals surface area contributed by atoms with E-state index in [0.29, 0.717) is 43.4 Å². The molecular weight excluding hydrogens is 433 g/mol. The van der Waals surface area contributed by atoms with Crippen molar-refractivity contribution in [1.82, 2.24) is 9.88 Å². The molecule has 0 spiro atoms. The van der Waals surface area contributed by atoms with Crippen molar-refractivity contribution in [3.05, 3.63) is 78.5 Å². The molecule has 2 heterocycles. The third kappa shape index (κ3) is 6.23. The van der Waals surface area contributed by atoms with Crippen LogP contribution in [0.15, 0.2) is 72.9 Å². The number of nitrogens with one attached hydrogen (secondary N) is 1. The van der Waals surface area contributed by atoms with Crippen LogP contribution in [0.25, 0.3) is 0 Å². The number of benzene rings is 2. The second-order valence-electron chi connectivity index (χ2n) is 7.65. The van der Waals surface area contributed by atoms with Crippen LogP contribution < -0.4 is 15.0 Å². The van der Waals surface area contributed by atoms with Crippen molar-refractivity contribution in [3.63, 3.8) is 0 Å². The normalized spacial score (nSPS) is 14.7. The highest BCUT2D eigenvalue weighted by atomic mass is 19.4. The topological polar surface area (TPSA) is 57.7 Å². The van der Waals surface area contributed by atoms with Crippen molar-refractivity contribution in [2.24, 2.45) is 0 Å². The number of carbonyl (C=O) groups is 1. The fourth-order valence-electron chi connectivity index (χ4n) is 3.51. The van der Waals surface area contributed by atoms with Crippen LogP contribution in [0.3, 0.4) is 0 Å². The standard InChI is InChI=1S/C24H23F3N4O2/c25-24(26,27)18-6-11-22(28-16-18)31-14-12-30(13-15-31)17-23(32)29-19-7-9-21(10-8-19)33-20-4-2-1-3-5-20/h1-11,16H,12-15,17H2,(H,29,32). The molecule has 0 unspecified atom stereocenters. The number of hydrogen-bond acceptors (Lipinski definition) is 5. The van der Waals surface area contributed by atoms with E-state index in [4.69, 9.17) is 4.74 Å². The maximum absolute atomic E-state index is 12.7. The van der Waals surface area contributed by atoms with Crippen LogP contribution in [0.4, 0.5) is 24.7 Å². The smallest absolute Gasteiger partial charge is 0.417 e. The summed E-state index contributed by atoms with van der Waals surface area (Å²) < 4.78 is 43.8. The molecule has 1 aliphatic heterocycles. The van der Waals surface area contributed by atoms with Gasteiger partial charge >= 0.3 is 6.18 Å². The highest BCUT2D eigenvalue weighted by Gasteiger charge is 2.31. The second-order valence-corrected chi connectivity index (χ2v) is 7.65. The van der Waals surface area contributed by atoms with E-state index in [1.165, 1.54) is 6.07 Å². The Balaban J connectivity index is 1.23. The first-order chi connectivity index (χ1) is 15.9. The average Bonchev–Trinajstić information content (AvgIpc) is 2.81. The number of hydrogen-bond donors (Lipinski definition) is 1. The Kier molecular flexibility index (Phi) is 6.79. The van der Waals surface area contributed by atoms with Gasteiger partial charge in [-0.15, -0.1) is 0 Å². The summed E-state index contributed by atoms with van der Waals surface area (Å²) in [4.78, 5) is 20.3. The molecule has 2 aromatic carbocycles. The number of alkyl halides is 3. The summed E-state index contributed by atoms with van der Waals surface area (Å²) in [6.07, 6.45) is -3.54. The molecule has 4 rings (SSSR count). The molecule has 1 aromatic heterocycles. The lowest BCUT2D eigenvalue weighted by Crippen LogP contribution is -2.48. The van der Waals surface area contributed by atoms with Crippen LogP contribution in [0.1, 0.15) is 5.56 Å². The first-order valence-corrected chi connectivity index (χ1v) is 10.5. The number of aromatic nitrogens is 1. The second kappa shape index (κ2) is 9.91. The maximum atomic E-state index is 12.7. The summed E-state index contributed by atoms with van der Waals surface area (Å²) in [5, 5.41) is 2.87. The van der Waals surface area contributed by atoms with Gasteiger partial charge in [-0.2, -0.15) is 13.2 Å². The van der Waals surface area contributed by atoms with Gasteiger partial charge in [0.25, 0.3) is 0 Å². The molecule has 6 nitrogen and oxygen atoms in total. The Morgan fingerprint density at radius 1 is 0.909 bits per heavy atom. The molecule has 1 fully saturated rings. The number of rotatable bonds is 6. The van der Waals surface area contributed by atoms with E-state index < -0.39 is 11.7 Å². The number of piperazine rings is 1. The van der Waals surface area contributed by atoms with Crippen molar-refractivity contribution in [2.45, 2.75) is 6.18 Å². The predicted octanol–water partition coefficient (Wildman–Crippen LogP) is 4.65. The van der Waals surface area contributed by atoms with Gasteiger partial charge in [-0.05, 0) is 48.5 Å². The number of carbonyl (C=O) groups excluding carboxylic acids is 1. The zero-order chi connectivity index (χ0) is 23.3. The zero-order valence-corrected chi connectivity index (χ0v) is 17.8. The Bertz CT molecular complexity index is 1050. The van der Waals surface area contributed by atoms with Crippen LogP contribution >= 0.6 is 0 Å². The quantitative estimate of drug-likeness (QED) is 0.585. The summed E-state index contributed by atoms with van der Waals surface area (Å²) in [5.74, 6) is 1.78. The number of pyridine rings is 1. The average molecular weight is 456 g/mol. The zero-order valence-electron chi connectivity index (χ0n) is 17.8. The van der Waals surface area contributed by atoms with Crippen LogP contribution in [-0.4, -0.2) is 48.5 Å². The van der Waals surface area contributed by atoms with Crippen LogP contribution in [0.5, 0.6) is 11.5 Å². The third-order valence-corrected chi connectivity index (χ3v) is 5.26. The molecule has 1 N–H and O–H groups in total. The molecule has 0 saturated carbocycles. The van der Waals surface area contributed by atoms with Gasteiger partial charge in [-0.3, -0.25) is 9.69 Å². The van der Waals surface area contributed by atoms with Gasteiger partial charge in [0.1, 0.15) is 17.3 Å². The number of para-hydroxylation sites is 1. The van der Waals surface area contributed by atoms with Gasteiger partial charge in [0.15, 0.2) is 0 Å².